The lowest BCUT2D eigenvalue weighted by molar-refractivity contribution is -0.142. The number of benzene rings is 2. The molecule has 0 radical (unpaired) electrons. The first kappa shape index (κ1) is 22.3. The smallest absolute Gasteiger partial charge is 0.407 e. The molecule has 1 aliphatic rings. The van der Waals surface area contributed by atoms with Gasteiger partial charge in [-0.3, -0.25) is 9.59 Å². The molecular weight excluding hydrogens is 398 g/mol. The Labute approximate surface area is 181 Å². The quantitative estimate of drug-likeness (QED) is 0.568. The molecule has 0 saturated carbocycles. The molecule has 164 valence electrons. The molecule has 1 unspecified atom stereocenters. The van der Waals surface area contributed by atoms with Crippen molar-refractivity contribution in [1.82, 2.24) is 15.5 Å². The highest BCUT2D eigenvalue weighted by molar-refractivity contribution is 5.89. The summed E-state index contributed by atoms with van der Waals surface area (Å²) in [6.07, 6.45) is -1.34. The van der Waals surface area contributed by atoms with E-state index < -0.39 is 30.4 Å². The molecule has 0 fully saturated rings. The van der Waals surface area contributed by atoms with Crippen molar-refractivity contribution in [3.8, 4) is 11.1 Å². The van der Waals surface area contributed by atoms with Crippen LogP contribution < -0.4 is 10.6 Å². The van der Waals surface area contributed by atoms with Crippen LogP contribution in [-0.4, -0.2) is 67.8 Å². The number of hydrogen-bond donors (Lipinski definition) is 3. The third-order valence-electron chi connectivity index (χ3n) is 5.39. The monoisotopic (exact) mass is 425 g/mol. The number of likely N-dealkylation sites (N-methyl/N-ethyl adjacent to an activating group) is 2. The number of carboxylic acid groups (broad SMARTS) is 1. The van der Waals surface area contributed by atoms with Gasteiger partial charge in [-0.1, -0.05) is 48.5 Å². The molecular formula is C23H27N3O5. The number of nitrogens with zero attached hydrogens (tertiary/aromatic N) is 1. The molecule has 1 aliphatic carbocycles. The molecule has 2 aromatic rings. The van der Waals surface area contributed by atoms with Crippen LogP contribution in [0.3, 0.4) is 0 Å². The zero-order valence-electron chi connectivity index (χ0n) is 17.6. The maximum Gasteiger partial charge on any atom is 0.407 e. The second-order valence-electron chi connectivity index (χ2n) is 7.48. The van der Waals surface area contributed by atoms with E-state index in [4.69, 9.17) is 9.84 Å². The maximum absolute atomic E-state index is 12.6. The fourth-order valence-electron chi connectivity index (χ4n) is 3.81. The van der Waals surface area contributed by atoms with Gasteiger partial charge in [0.2, 0.25) is 5.91 Å². The molecule has 0 saturated heterocycles. The topological polar surface area (TPSA) is 108 Å². The summed E-state index contributed by atoms with van der Waals surface area (Å²) < 4.78 is 5.44. The Morgan fingerprint density at radius 3 is 2.19 bits per heavy atom. The summed E-state index contributed by atoms with van der Waals surface area (Å²) in [4.78, 5) is 37.6. The molecule has 0 heterocycles. The Morgan fingerprint density at radius 1 is 1.06 bits per heavy atom. The average Bonchev–Trinajstić information content (AvgIpc) is 3.08. The number of fused-ring (bicyclic) bond motifs is 3. The first-order chi connectivity index (χ1) is 14.9. The highest BCUT2D eigenvalue weighted by Crippen LogP contribution is 2.44. The van der Waals surface area contributed by atoms with Gasteiger partial charge in [-0.2, -0.15) is 0 Å². The number of nitrogens with one attached hydrogen (secondary N) is 2. The molecule has 31 heavy (non-hydrogen) atoms. The third kappa shape index (κ3) is 5.21. The lowest BCUT2D eigenvalue weighted by Gasteiger charge is -2.24. The van der Waals surface area contributed by atoms with Gasteiger partial charge < -0.3 is 25.4 Å². The summed E-state index contributed by atoms with van der Waals surface area (Å²) >= 11 is 0. The standard InChI is InChI=1S/C23H27N3O5/c1-24-11-12-26(2)22(29)20(13-21(27)28)25-23(30)31-14-19-17-9-5-3-7-15(17)16-8-4-6-10-18(16)19/h3-10,19-20,24H,11-14H2,1-2H3,(H,25,30)(H,27,28). The van der Waals surface area contributed by atoms with Gasteiger partial charge in [-0.25, -0.2) is 4.79 Å². The molecule has 8 heteroatoms. The maximum atomic E-state index is 12.6. The van der Waals surface area contributed by atoms with Gasteiger partial charge in [0.1, 0.15) is 12.6 Å². The molecule has 3 rings (SSSR count). The molecule has 8 nitrogen and oxygen atoms in total. The molecule has 3 N–H and O–H groups in total. The van der Waals surface area contributed by atoms with Gasteiger partial charge in [0.05, 0.1) is 6.42 Å². The SMILES string of the molecule is CNCCN(C)C(=O)C(CC(=O)O)NC(=O)OCC1c2ccccc2-c2ccccc21. The van der Waals surface area contributed by atoms with Gasteiger partial charge in [0.15, 0.2) is 0 Å². The van der Waals surface area contributed by atoms with E-state index >= 15 is 0 Å². The Morgan fingerprint density at radius 2 is 1.65 bits per heavy atom. The van der Waals surface area contributed by atoms with Crippen LogP contribution in [0.4, 0.5) is 4.79 Å². The van der Waals surface area contributed by atoms with Crippen LogP contribution in [0.15, 0.2) is 48.5 Å². The van der Waals surface area contributed by atoms with Crippen molar-refractivity contribution in [2.45, 2.75) is 18.4 Å². The number of amides is 2. The normalized spacial score (nSPS) is 13.1. The largest absolute Gasteiger partial charge is 0.481 e. The van der Waals surface area contributed by atoms with E-state index in [9.17, 15) is 14.4 Å². The van der Waals surface area contributed by atoms with Crippen LogP contribution in [0.25, 0.3) is 11.1 Å². The summed E-state index contributed by atoms with van der Waals surface area (Å²) in [6.45, 7) is 1.02. The number of rotatable bonds is 9. The predicted molar refractivity (Wildman–Crippen MR) is 116 cm³/mol. The second-order valence-corrected chi connectivity index (χ2v) is 7.48. The van der Waals surface area contributed by atoms with Crippen LogP contribution in [-0.2, 0) is 14.3 Å². The van der Waals surface area contributed by atoms with Crippen LogP contribution in [0.1, 0.15) is 23.5 Å². The van der Waals surface area contributed by atoms with Gasteiger partial charge in [-0.05, 0) is 29.3 Å². The molecule has 2 aromatic carbocycles. The summed E-state index contributed by atoms with van der Waals surface area (Å²) in [5.74, 6) is -1.78. The number of carboxylic acids is 1. The van der Waals surface area contributed by atoms with Crippen molar-refractivity contribution >= 4 is 18.0 Å². The Kier molecular flexibility index (Phi) is 7.25. The zero-order valence-corrected chi connectivity index (χ0v) is 17.6. The van der Waals surface area contributed by atoms with E-state index in [1.54, 1.807) is 14.1 Å². The van der Waals surface area contributed by atoms with Gasteiger partial charge in [-0.15, -0.1) is 0 Å². The molecule has 0 aromatic heterocycles. The van der Waals surface area contributed by atoms with Crippen molar-refractivity contribution < 1.29 is 24.2 Å². The molecule has 0 aliphatic heterocycles. The van der Waals surface area contributed by atoms with Gasteiger partial charge >= 0.3 is 12.1 Å². The number of hydrogen-bond acceptors (Lipinski definition) is 5. The average molecular weight is 425 g/mol. The van der Waals surface area contributed by atoms with E-state index in [0.29, 0.717) is 13.1 Å². The van der Waals surface area contributed by atoms with Crippen LogP contribution in [0.2, 0.25) is 0 Å². The van der Waals surface area contributed by atoms with Crippen LogP contribution >= 0.6 is 0 Å². The fraction of sp³-hybridized carbons (Fsp3) is 0.348. The fourth-order valence-corrected chi connectivity index (χ4v) is 3.81. The van der Waals surface area contributed by atoms with Crippen molar-refractivity contribution in [2.75, 3.05) is 33.8 Å². The molecule has 2 amide bonds. The second kappa shape index (κ2) is 10.1. The van der Waals surface area contributed by atoms with Gasteiger partial charge in [0.25, 0.3) is 0 Å². The van der Waals surface area contributed by atoms with E-state index in [1.807, 2.05) is 48.5 Å². The number of ether oxygens (including phenoxy) is 1. The van der Waals surface area contributed by atoms with Crippen molar-refractivity contribution in [2.24, 2.45) is 0 Å². The first-order valence-electron chi connectivity index (χ1n) is 10.1. The predicted octanol–water partition coefficient (Wildman–Crippen LogP) is 2.05. The van der Waals surface area contributed by atoms with Crippen molar-refractivity contribution in [1.29, 1.82) is 0 Å². The Bertz CT molecular complexity index is 916. The summed E-state index contributed by atoms with van der Waals surface area (Å²) in [7, 11) is 3.32. The third-order valence-corrected chi connectivity index (χ3v) is 5.39. The lowest BCUT2D eigenvalue weighted by atomic mass is 9.98. The summed E-state index contributed by atoms with van der Waals surface area (Å²) in [5.41, 5.74) is 4.36. The molecule has 0 spiro atoms. The van der Waals surface area contributed by atoms with Crippen LogP contribution in [0, 0.1) is 0 Å². The van der Waals surface area contributed by atoms with E-state index in [-0.39, 0.29) is 12.5 Å². The van der Waals surface area contributed by atoms with Crippen LogP contribution in [0.5, 0.6) is 0 Å². The number of aliphatic carboxylic acids is 1. The van der Waals surface area contributed by atoms with E-state index in [0.717, 1.165) is 22.3 Å². The van der Waals surface area contributed by atoms with Crippen molar-refractivity contribution in [3.63, 3.8) is 0 Å². The molecule has 0 bridgehead atoms. The van der Waals surface area contributed by atoms with E-state index in [1.165, 1.54) is 4.90 Å². The Hall–Kier alpha value is -3.39. The lowest BCUT2D eigenvalue weighted by Crippen LogP contribution is -2.49. The van der Waals surface area contributed by atoms with Gasteiger partial charge in [0, 0.05) is 26.1 Å². The first-order valence-corrected chi connectivity index (χ1v) is 10.1. The van der Waals surface area contributed by atoms with Crippen molar-refractivity contribution in [3.05, 3.63) is 59.7 Å². The molecule has 1 atom stereocenters. The number of carbonyl (C=O) groups excluding carboxylic acids is 2. The zero-order chi connectivity index (χ0) is 22.4. The minimum absolute atomic E-state index is 0.0867. The van der Waals surface area contributed by atoms with E-state index in [2.05, 4.69) is 10.6 Å². The highest BCUT2D eigenvalue weighted by Gasteiger charge is 2.30. The minimum atomic E-state index is -1.20. The highest BCUT2D eigenvalue weighted by atomic mass is 16.5. The summed E-state index contributed by atoms with van der Waals surface area (Å²) in [5, 5.41) is 14.5. The summed E-state index contributed by atoms with van der Waals surface area (Å²) in [6, 6.07) is 14.7. The number of carbonyl (C=O) groups is 3. The number of alkyl carbamates (subject to hydrolysis) is 1. The Balaban J connectivity index is 1.66. The minimum Gasteiger partial charge on any atom is -0.481 e.